The number of urea groups is 1. The van der Waals surface area contributed by atoms with Gasteiger partial charge >= 0.3 is 12.0 Å². The summed E-state index contributed by atoms with van der Waals surface area (Å²) in [7, 11) is 0. The highest BCUT2D eigenvalue weighted by molar-refractivity contribution is 5.75. The van der Waals surface area contributed by atoms with Crippen LogP contribution >= 0.6 is 0 Å². The number of carbonyl (C=O) groups excluding carboxylic acids is 1. The molecule has 0 aromatic carbocycles. The van der Waals surface area contributed by atoms with E-state index in [0.717, 1.165) is 0 Å². The highest BCUT2D eigenvalue weighted by Gasteiger charge is 2.29. The lowest BCUT2D eigenvalue weighted by molar-refractivity contribution is -0.137. The number of carbonyl (C=O) groups is 2. The average Bonchev–Trinajstić information content (AvgIpc) is 2.36. The van der Waals surface area contributed by atoms with E-state index in [2.05, 4.69) is 5.32 Å². The fourth-order valence-corrected chi connectivity index (χ4v) is 1.92. The number of amides is 2. The van der Waals surface area contributed by atoms with E-state index in [1.807, 2.05) is 6.92 Å². The highest BCUT2D eigenvalue weighted by atomic mass is 16.5. The molecule has 0 aromatic heterocycles. The van der Waals surface area contributed by atoms with Gasteiger partial charge in [0.2, 0.25) is 0 Å². The van der Waals surface area contributed by atoms with Gasteiger partial charge in [0.25, 0.3) is 0 Å². The number of nitrogens with one attached hydrogen (secondary N) is 1. The molecule has 0 aromatic rings. The van der Waals surface area contributed by atoms with Crippen molar-refractivity contribution < 1.29 is 24.5 Å². The van der Waals surface area contributed by atoms with Crippen molar-refractivity contribution in [3.8, 4) is 0 Å². The molecule has 3 atom stereocenters. The van der Waals surface area contributed by atoms with Crippen molar-refractivity contribution in [3.63, 3.8) is 0 Å². The molecule has 1 fully saturated rings. The van der Waals surface area contributed by atoms with E-state index in [9.17, 15) is 9.59 Å². The van der Waals surface area contributed by atoms with Gasteiger partial charge < -0.3 is 25.2 Å². The summed E-state index contributed by atoms with van der Waals surface area (Å²) in [6.45, 7) is 4.26. The Morgan fingerprint density at radius 3 is 2.79 bits per heavy atom. The molecule has 7 heteroatoms. The van der Waals surface area contributed by atoms with Crippen molar-refractivity contribution in [1.29, 1.82) is 0 Å². The van der Waals surface area contributed by atoms with Gasteiger partial charge in [-0.1, -0.05) is 0 Å². The van der Waals surface area contributed by atoms with Gasteiger partial charge in [-0.05, 0) is 20.3 Å². The van der Waals surface area contributed by atoms with Crippen LogP contribution in [0.25, 0.3) is 0 Å². The van der Waals surface area contributed by atoms with Crippen molar-refractivity contribution in [2.75, 3.05) is 19.8 Å². The largest absolute Gasteiger partial charge is 0.481 e. The molecule has 1 aliphatic rings. The summed E-state index contributed by atoms with van der Waals surface area (Å²) in [5, 5.41) is 20.4. The van der Waals surface area contributed by atoms with E-state index in [-0.39, 0.29) is 37.2 Å². The van der Waals surface area contributed by atoms with Crippen molar-refractivity contribution in [1.82, 2.24) is 10.2 Å². The van der Waals surface area contributed by atoms with Crippen LogP contribution in [0.2, 0.25) is 0 Å². The molecule has 0 bridgehead atoms. The van der Waals surface area contributed by atoms with Gasteiger partial charge in [0.1, 0.15) is 0 Å². The molecule has 3 unspecified atom stereocenters. The summed E-state index contributed by atoms with van der Waals surface area (Å²) in [5.41, 5.74) is 0. The number of nitrogens with zero attached hydrogens (tertiary/aromatic N) is 1. The van der Waals surface area contributed by atoms with Crippen LogP contribution in [0.3, 0.4) is 0 Å². The maximum atomic E-state index is 12.1. The minimum absolute atomic E-state index is 0.0272. The summed E-state index contributed by atoms with van der Waals surface area (Å²) >= 11 is 0. The van der Waals surface area contributed by atoms with E-state index in [1.165, 1.54) is 0 Å². The average molecular weight is 274 g/mol. The zero-order valence-electron chi connectivity index (χ0n) is 11.3. The Hall–Kier alpha value is -1.34. The summed E-state index contributed by atoms with van der Waals surface area (Å²) in [6.07, 6.45) is 0.0686. The lowest BCUT2D eigenvalue weighted by atomic mass is 10.2. The molecular formula is C12H22N2O5. The number of rotatable bonds is 5. The molecule has 0 aliphatic carbocycles. The van der Waals surface area contributed by atoms with Crippen LogP contribution in [-0.4, -0.2) is 65.1 Å². The van der Waals surface area contributed by atoms with E-state index in [1.54, 1.807) is 11.8 Å². The number of aliphatic hydroxyl groups is 1. The summed E-state index contributed by atoms with van der Waals surface area (Å²) < 4.78 is 5.35. The van der Waals surface area contributed by atoms with E-state index in [4.69, 9.17) is 14.9 Å². The molecule has 0 radical (unpaired) electrons. The Labute approximate surface area is 112 Å². The van der Waals surface area contributed by atoms with Crippen LogP contribution in [0, 0.1) is 0 Å². The van der Waals surface area contributed by atoms with Crippen molar-refractivity contribution in [2.45, 2.75) is 44.9 Å². The minimum atomic E-state index is -0.874. The zero-order valence-corrected chi connectivity index (χ0v) is 11.3. The quantitative estimate of drug-likeness (QED) is 0.657. The third-order valence-corrected chi connectivity index (χ3v) is 3.13. The first-order valence-corrected chi connectivity index (χ1v) is 6.45. The molecule has 1 heterocycles. The van der Waals surface area contributed by atoms with Gasteiger partial charge in [-0.3, -0.25) is 4.79 Å². The molecule has 1 saturated heterocycles. The molecule has 110 valence electrons. The number of carboxylic acids is 1. The first kappa shape index (κ1) is 15.7. The molecule has 0 spiro atoms. The second-order valence-corrected chi connectivity index (χ2v) is 4.92. The maximum Gasteiger partial charge on any atom is 0.318 e. The van der Waals surface area contributed by atoms with Gasteiger partial charge in [-0.2, -0.15) is 0 Å². The Morgan fingerprint density at radius 2 is 2.21 bits per heavy atom. The Kier molecular flexibility index (Phi) is 6.04. The van der Waals surface area contributed by atoms with Gasteiger partial charge in [-0.15, -0.1) is 0 Å². The number of carboxylic acid groups (broad SMARTS) is 1. The highest BCUT2D eigenvalue weighted by Crippen LogP contribution is 2.12. The summed E-state index contributed by atoms with van der Waals surface area (Å²) in [5.74, 6) is -0.874. The standard InChI is InChI=1S/C12H22N2O5/c1-8(3-4-11(16)17)13-12(18)14-5-10(6-15)19-7-9(14)2/h8-10,15H,3-7H2,1-2H3,(H,13,18)(H,16,17). The third kappa shape index (κ3) is 5.04. The molecule has 3 N–H and O–H groups in total. The Morgan fingerprint density at radius 1 is 1.53 bits per heavy atom. The van der Waals surface area contributed by atoms with Crippen LogP contribution in [0.15, 0.2) is 0 Å². The van der Waals surface area contributed by atoms with Crippen LogP contribution in [0.4, 0.5) is 4.79 Å². The topological polar surface area (TPSA) is 99.1 Å². The second-order valence-electron chi connectivity index (χ2n) is 4.92. The van der Waals surface area contributed by atoms with Crippen LogP contribution in [0.1, 0.15) is 26.7 Å². The predicted molar refractivity (Wildman–Crippen MR) is 67.9 cm³/mol. The van der Waals surface area contributed by atoms with Crippen molar-refractivity contribution >= 4 is 12.0 Å². The summed E-state index contributed by atoms with van der Waals surface area (Å²) in [4.78, 5) is 24.1. The van der Waals surface area contributed by atoms with Crippen LogP contribution in [0.5, 0.6) is 0 Å². The zero-order chi connectivity index (χ0) is 14.4. The monoisotopic (exact) mass is 274 g/mol. The van der Waals surface area contributed by atoms with E-state index >= 15 is 0 Å². The van der Waals surface area contributed by atoms with E-state index < -0.39 is 5.97 Å². The number of aliphatic carboxylic acids is 1. The van der Waals surface area contributed by atoms with Crippen molar-refractivity contribution in [3.05, 3.63) is 0 Å². The smallest absolute Gasteiger partial charge is 0.318 e. The lowest BCUT2D eigenvalue weighted by Gasteiger charge is -2.37. The molecule has 0 saturated carbocycles. The summed E-state index contributed by atoms with van der Waals surface area (Å²) in [6, 6.07) is -0.507. The van der Waals surface area contributed by atoms with E-state index in [0.29, 0.717) is 19.6 Å². The van der Waals surface area contributed by atoms with Gasteiger partial charge in [0.05, 0.1) is 31.9 Å². The SMILES string of the molecule is CC(CCC(=O)O)NC(=O)N1CC(CO)OCC1C. The number of ether oxygens (including phenoxy) is 1. The first-order chi connectivity index (χ1) is 8.93. The normalized spacial score (nSPS) is 24.9. The van der Waals surface area contributed by atoms with Crippen molar-refractivity contribution in [2.24, 2.45) is 0 Å². The van der Waals surface area contributed by atoms with Gasteiger partial charge in [-0.25, -0.2) is 4.79 Å². The third-order valence-electron chi connectivity index (χ3n) is 3.13. The fourth-order valence-electron chi connectivity index (χ4n) is 1.92. The predicted octanol–water partition coefficient (Wildman–Crippen LogP) is 0.0309. The molecule has 2 amide bonds. The minimum Gasteiger partial charge on any atom is -0.481 e. The molecule has 19 heavy (non-hydrogen) atoms. The Bertz CT molecular complexity index is 323. The molecule has 1 aliphatic heterocycles. The Balaban J connectivity index is 2.44. The first-order valence-electron chi connectivity index (χ1n) is 6.45. The molecule has 1 rings (SSSR count). The molecular weight excluding hydrogens is 252 g/mol. The second kappa shape index (κ2) is 7.30. The fraction of sp³-hybridized carbons (Fsp3) is 0.833. The lowest BCUT2D eigenvalue weighted by Crippen LogP contribution is -2.56. The number of hydrogen-bond donors (Lipinski definition) is 3. The number of morpholine rings is 1. The van der Waals surface area contributed by atoms with Crippen LogP contribution < -0.4 is 5.32 Å². The number of aliphatic hydroxyl groups excluding tert-OH is 1. The molecule has 7 nitrogen and oxygen atoms in total. The number of hydrogen-bond acceptors (Lipinski definition) is 4. The van der Waals surface area contributed by atoms with Crippen LogP contribution in [-0.2, 0) is 9.53 Å². The van der Waals surface area contributed by atoms with Gasteiger partial charge in [0.15, 0.2) is 0 Å². The van der Waals surface area contributed by atoms with Gasteiger partial charge in [0, 0.05) is 12.5 Å². The maximum absolute atomic E-state index is 12.1.